The molecule has 0 bridgehead atoms. The first-order valence-electron chi connectivity index (χ1n) is 23.6. The Morgan fingerprint density at radius 2 is 1.17 bits per heavy atom. The molecule has 4 aliphatic carbocycles. The SMILES string of the molecule is CO[C@@H]1[C@@H](O)[C@H](O[C@@H]2CO[C@@H](O[C@@H]3CO[C@@H](OCC[C@H](CC[C@@H](C)[C@H]4[C@@H](O)[C@@H](O)[C@@H]5[C@]4(C)CCC4[C@@]6(C)CC[C@H](O)[C@H](O)C6[C@@H](O)C[C@]45O)C(C)C)[C@H](O)[C@H]3O)[C@H](O)[C@H]2O)OC[C@H]1O. The molecular formula is C45H78O19. The number of rotatable bonds is 14. The van der Waals surface area contributed by atoms with Gasteiger partial charge < -0.3 is 94.4 Å². The summed E-state index contributed by atoms with van der Waals surface area (Å²) in [6.45, 7) is 9.85. The van der Waals surface area contributed by atoms with Gasteiger partial charge in [-0.1, -0.05) is 41.0 Å². The molecule has 3 saturated heterocycles. The first-order chi connectivity index (χ1) is 30.1. The zero-order valence-corrected chi connectivity index (χ0v) is 38.1. The second-order valence-corrected chi connectivity index (χ2v) is 21.4. The highest BCUT2D eigenvalue weighted by molar-refractivity contribution is 5.22. The summed E-state index contributed by atoms with van der Waals surface area (Å²) in [6, 6.07) is 0. The van der Waals surface area contributed by atoms with Crippen molar-refractivity contribution in [1.29, 1.82) is 0 Å². The third kappa shape index (κ3) is 9.10. The molecule has 7 rings (SSSR count). The number of hydrogen-bond acceptors (Lipinski definition) is 19. The minimum Gasteiger partial charge on any atom is -0.393 e. The molecule has 64 heavy (non-hydrogen) atoms. The maximum absolute atomic E-state index is 12.7. The molecule has 0 radical (unpaired) electrons. The number of aliphatic hydroxyl groups excluding tert-OH is 11. The van der Waals surface area contributed by atoms with E-state index < -0.39 is 133 Å². The molecule has 0 spiro atoms. The van der Waals surface area contributed by atoms with E-state index in [1.54, 1.807) is 0 Å². The maximum Gasteiger partial charge on any atom is 0.186 e. The summed E-state index contributed by atoms with van der Waals surface area (Å²) >= 11 is 0. The van der Waals surface area contributed by atoms with E-state index in [4.69, 9.17) is 33.2 Å². The number of fused-ring (bicyclic) bond motifs is 5. The van der Waals surface area contributed by atoms with Gasteiger partial charge in [-0.15, -0.1) is 0 Å². The van der Waals surface area contributed by atoms with Gasteiger partial charge in [-0.3, -0.25) is 0 Å². The Kier molecular flexibility index (Phi) is 15.9. The van der Waals surface area contributed by atoms with Gasteiger partial charge in [0.15, 0.2) is 18.9 Å². The summed E-state index contributed by atoms with van der Waals surface area (Å²) < 4.78 is 39.2. The average molecular weight is 923 g/mol. The van der Waals surface area contributed by atoms with Crippen LogP contribution in [-0.4, -0.2) is 205 Å². The quantitative estimate of drug-likeness (QED) is 0.0908. The Bertz CT molecular complexity index is 1530. The third-order valence-electron chi connectivity index (χ3n) is 17.4. The Labute approximate surface area is 375 Å². The van der Waals surface area contributed by atoms with Crippen LogP contribution >= 0.6 is 0 Å². The van der Waals surface area contributed by atoms with Crippen LogP contribution in [0.5, 0.6) is 0 Å². The summed E-state index contributed by atoms with van der Waals surface area (Å²) in [7, 11) is 1.31. The summed E-state index contributed by atoms with van der Waals surface area (Å²) in [5.41, 5.74) is -2.75. The van der Waals surface area contributed by atoms with Crippen molar-refractivity contribution in [1.82, 2.24) is 0 Å². The second kappa shape index (κ2) is 19.9. The molecule has 12 N–H and O–H groups in total. The molecule has 0 amide bonds. The monoisotopic (exact) mass is 923 g/mol. The van der Waals surface area contributed by atoms with Gasteiger partial charge in [0, 0.05) is 25.4 Å². The van der Waals surface area contributed by atoms with Crippen LogP contribution in [-0.2, 0) is 33.2 Å². The third-order valence-corrected chi connectivity index (χ3v) is 17.4. The van der Waals surface area contributed by atoms with E-state index >= 15 is 0 Å². The van der Waals surface area contributed by atoms with E-state index in [2.05, 4.69) is 27.7 Å². The van der Waals surface area contributed by atoms with Crippen LogP contribution in [0.25, 0.3) is 0 Å². The van der Waals surface area contributed by atoms with Crippen LogP contribution < -0.4 is 0 Å². The normalized spacial score (nSPS) is 53.0. The molecule has 7 fully saturated rings. The van der Waals surface area contributed by atoms with Crippen LogP contribution in [0, 0.1) is 52.3 Å². The predicted octanol–water partition coefficient (Wildman–Crippen LogP) is -1.88. The summed E-state index contributed by atoms with van der Waals surface area (Å²) in [5.74, 6) is -1.57. The van der Waals surface area contributed by atoms with Gasteiger partial charge in [-0.25, -0.2) is 0 Å². The fraction of sp³-hybridized carbons (Fsp3) is 1.00. The molecule has 19 heteroatoms. The highest BCUT2D eigenvalue weighted by Gasteiger charge is 2.73. The molecule has 372 valence electrons. The van der Waals surface area contributed by atoms with Gasteiger partial charge in [0.2, 0.25) is 0 Å². The molecule has 7 aliphatic rings. The minimum absolute atomic E-state index is 0.0373. The molecule has 26 atom stereocenters. The Hall–Kier alpha value is -0.760. The lowest BCUT2D eigenvalue weighted by Gasteiger charge is -2.66. The first-order valence-corrected chi connectivity index (χ1v) is 23.6. The molecule has 3 aliphatic heterocycles. The maximum atomic E-state index is 12.7. The molecule has 19 nitrogen and oxygen atoms in total. The molecule has 0 aromatic carbocycles. The van der Waals surface area contributed by atoms with E-state index in [1.165, 1.54) is 7.11 Å². The van der Waals surface area contributed by atoms with Crippen molar-refractivity contribution in [2.75, 3.05) is 33.5 Å². The summed E-state index contributed by atoms with van der Waals surface area (Å²) in [4.78, 5) is 0. The fourth-order valence-electron chi connectivity index (χ4n) is 14.0. The zero-order valence-electron chi connectivity index (χ0n) is 38.1. The van der Waals surface area contributed by atoms with E-state index in [0.717, 1.165) is 12.8 Å². The van der Waals surface area contributed by atoms with Crippen LogP contribution in [0.4, 0.5) is 0 Å². The lowest BCUT2D eigenvalue weighted by atomic mass is 9.41. The van der Waals surface area contributed by atoms with Crippen LogP contribution in [0.15, 0.2) is 0 Å². The van der Waals surface area contributed by atoms with Crippen molar-refractivity contribution in [2.24, 2.45) is 52.3 Å². The van der Waals surface area contributed by atoms with Gasteiger partial charge in [0.05, 0.1) is 62.5 Å². The van der Waals surface area contributed by atoms with Crippen LogP contribution in [0.1, 0.15) is 86.0 Å². The first kappa shape index (κ1) is 51.1. The van der Waals surface area contributed by atoms with Crippen molar-refractivity contribution in [3.8, 4) is 0 Å². The van der Waals surface area contributed by atoms with E-state index in [-0.39, 0.29) is 62.4 Å². The molecule has 4 saturated carbocycles. The van der Waals surface area contributed by atoms with Gasteiger partial charge >= 0.3 is 0 Å². The highest BCUT2D eigenvalue weighted by atomic mass is 16.7. The van der Waals surface area contributed by atoms with Gasteiger partial charge in [-0.2, -0.15) is 0 Å². The predicted molar refractivity (Wildman–Crippen MR) is 221 cm³/mol. The summed E-state index contributed by atoms with van der Waals surface area (Å²) in [6.07, 6.45) is -17.1. The highest BCUT2D eigenvalue weighted by Crippen LogP contribution is 2.70. The van der Waals surface area contributed by atoms with E-state index in [9.17, 15) is 61.3 Å². The van der Waals surface area contributed by atoms with Crippen LogP contribution in [0.3, 0.4) is 0 Å². The molecule has 2 unspecified atom stereocenters. The van der Waals surface area contributed by atoms with Crippen molar-refractivity contribution >= 4 is 0 Å². The Morgan fingerprint density at radius 3 is 1.80 bits per heavy atom. The average Bonchev–Trinajstić information content (AvgIpc) is 3.44. The van der Waals surface area contributed by atoms with Crippen molar-refractivity contribution in [2.45, 2.75) is 196 Å². The minimum atomic E-state index is -1.66. The second-order valence-electron chi connectivity index (χ2n) is 21.4. The lowest BCUT2D eigenvalue weighted by molar-refractivity contribution is -0.349. The zero-order chi connectivity index (χ0) is 46.8. The van der Waals surface area contributed by atoms with Crippen molar-refractivity contribution < 1.29 is 94.4 Å². The van der Waals surface area contributed by atoms with E-state index in [0.29, 0.717) is 32.1 Å². The smallest absolute Gasteiger partial charge is 0.186 e. The standard InChI is InChI=1S/C45H78O19/c1-19(2)21(8-7-20(3)28-33(52)34(53)39-44(28,5)13-10-27-43(4)12-9-22(46)30(49)29(43)23(47)15-45(27,39)57)11-14-59-40-35(54)31(50)25(17-61-40)63-41-36(55)32(51)26(18-62-41)64-42-37(56)38(58-6)24(48)16-60-42/h19-42,46-57H,7-18H2,1-6H3/t20-,21+,22+,23+,24-,25-,26-,27?,28+,29?,30+,31+,32+,33-,34-,35-,36-,37-,38+,39-,40-,41+,42+,43-,44-,45+/m1/s1. The van der Waals surface area contributed by atoms with Gasteiger partial charge in [-0.05, 0) is 78.9 Å². The van der Waals surface area contributed by atoms with E-state index in [1.807, 2.05) is 6.92 Å². The molecule has 0 aromatic heterocycles. The van der Waals surface area contributed by atoms with Gasteiger partial charge in [0.1, 0.15) is 54.9 Å². The van der Waals surface area contributed by atoms with Crippen molar-refractivity contribution in [3.63, 3.8) is 0 Å². The van der Waals surface area contributed by atoms with Crippen LogP contribution in [0.2, 0.25) is 0 Å². The Balaban J connectivity index is 0.887. The van der Waals surface area contributed by atoms with Gasteiger partial charge in [0.25, 0.3) is 0 Å². The Morgan fingerprint density at radius 1 is 0.594 bits per heavy atom. The molecule has 0 aromatic rings. The fourth-order valence-corrected chi connectivity index (χ4v) is 14.0. The number of aliphatic hydroxyl groups is 12. The lowest BCUT2D eigenvalue weighted by Crippen LogP contribution is -2.71. The topological polar surface area (TPSA) is 307 Å². The largest absolute Gasteiger partial charge is 0.393 e. The number of hydrogen-bond donors (Lipinski definition) is 12. The number of methoxy groups -OCH3 is 1. The number of ether oxygens (including phenoxy) is 7. The molecular weight excluding hydrogens is 844 g/mol. The summed E-state index contributed by atoms with van der Waals surface area (Å²) in [5, 5.41) is 133. The molecule has 3 heterocycles. The van der Waals surface area contributed by atoms with Crippen molar-refractivity contribution in [3.05, 3.63) is 0 Å².